The van der Waals surface area contributed by atoms with Crippen molar-refractivity contribution in [1.82, 2.24) is 20.2 Å². The molecule has 1 aliphatic heterocycles. The molecule has 0 radical (unpaired) electrons. The van der Waals surface area contributed by atoms with E-state index < -0.39 is 12.1 Å². The number of aromatic amines is 1. The molecule has 3 aromatic rings. The van der Waals surface area contributed by atoms with Gasteiger partial charge in [-0.15, -0.1) is 13.2 Å². The summed E-state index contributed by atoms with van der Waals surface area (Å²) in [5.41, 5.74) is 1.60. The standard InChI is InChI=1S/C18H17F3N4O4/c19-18(20,21)29-16-5-11-4-12(7-22-17(26)25-2-1-3-25)24-14(11)6-15(16)28-9-13-8-27-10-23-13/h4-6,8,10,24H,1-3,7,9H2,(H,22,26). The number of fused-ring (bicyclic) bond motifs is 1. The second-order valence-electron chi connectivity index (χ2n) is 6.50. The van der Waals surface area contributed by atoms with Gasteiger partial charge in [-0.3, -0.25) is 0 Å². The molecule has 0 aliphatic carbocycles. The van der Waals surface area contributed by atoms with E-state index in [4.69, 9.17) is 9.15 Å². The quantitative estimate of drug-likeness (QED) is 0.648. The van der Waals surface area contributed by atoms with Gasteiger partial charge in [-0.25, -0.2) is 9.78 Å². The fraction of sp³-hybridized carbons (Fsp3) is 0.333. The number of hydrogen-bond donors (Lipinski definition) is 2. The Labute approximate surface area is 162 Å². The zero-order chi connectivity index (χ0) is 20.4. The summed E-state index contributed by atoms with van der Waals surface area (Å²) < 4.78 is 52.8. The first-order valence-electron chi connectivity index (χ1n) is 8.81. The normalized spacial score (nSPS) is 14.0. The van der Waals surface area contributed by atoms with Crippen molar-refractivity contribution in [2.24, 2.45) is 0 Å². The number of halogens is 3. The molecule has 1 aliphatic rings. The average molecular weight is 410 g/mol. The first-order chi connectivity index (χ1) is 13.9. The first kappa shape index (κ1) is 19.0. The van der Waals surface area contributed by atoms with E-state index in [1.54, 1.807) is 11.0 Å². The molecule has 2 amide bonds. The van der Waals surface area contributed by atoms with Crippen molar-refractivity contribution in [2.45, 2.75) is 25.9 Å². The second-order valence-corrected chi connectivity index (χ2v) is 6.50. The van der Waals surface area contributed by atoms with E-state index in [1.165, 1.54) is 24.8 Å². The molecule has 3 heterocycles. The number of likely N-dealkylation sites (tertiary alicyclic amines) is 1. The number of hydrogen-bond acceptors (Lipinski definition) is 5. The number of nitrogens with one attached hydrogen (secondary N) is 2. The second kappa shape index (κ2) is 7.57. The maximum Gasteiger partial charge on any atom is 0.573 e. The summed E-state index contributed by atoms with van der Waals surface area (Å²) in [6, 6.07) is 4.12. The minimum Gasteiger partial charge on any atom is -0.483 e. The van der Waals surface area contributed by atoms with Crippen molar-refractivity contribution in [3.63, 3.8) is 0 Å². The van der Waals surface area contributed by atoms with Crippen LogP contribution >= 0.6 is 0 Å². The predicted molar refractivity (Wildman–Crippen MR) is 94.2 cm³/mol. The molecule has 29 heavy (non-hydrogen) atoms. The number of carbonyl (C=O) groups is 1. The van der Waals surface area contributed by atoms with Crippen molar-refractivity contribution in [1.29, 1.82) is 0 Å². The summed E-state index contributed by atoms with van der Waals surface area (Å²) >= 11 is 0. The van der Waals surface area contributed by atoms with E-state index in [1.807, 2.05) is 0 Å². The fourth-order valence-electron chi connectivity index (χ4n) is 2.88. The summed E-state index contributed by atoms with van der Waals surface area (Å²) in [7, 11) is 0. The van der Waals surface area contributed by atoms with Crippen LogP contribution in [0.25, 0.3) is 10.9 Å². The predicted octanol–water partition coefficient (Wildman–Crippen LogP) is 3.55. The summed E-state index contributed by atoms with van der Waals surface area (Å²) in [5.74, 6) is -0.570. The van der Waals surface area contributed by atoms with Crippen LogP contribution in [0.4, 0.5) is 18.0 Å². The number of aromatic nitrogens is 2. The molecule has 4 rings (SSSR count). The Bertz CT molecular complexity index is 997. The number of carbonyl (C=O) groups excluding carboxylic acids is 1. The third-order valence-corrected chi connectivity index (χ3v) is 4.40. The zero-order valence-electron chi connectivity index (χ0n) is 15.1. The van der Waals surface area contributed by atoms with Crippen LogP contribution in [-0.2, 0) is 13.2 Å². The lowest BCUT2D eigenvalue weighted by atomic mass is 10.2. The van der Waals surface area contributed by atoms with Crippen LogP contribution < -0.4 is 14.8 Å². The summed E-state index contributed by atoms with van der Waals surface area (Å²) in [6.45, 7) is 1.58. The summed E-state index contributed by atoms with van der Waals surface area (Å²) in [5, 5.41) is 3.26. The maximum absolute atomic E-state index is 12.8. The molecule has 2 N–H and O–H groups in total. The van der Waals surface area contributed by atoms with E-state index in [0.717, 1.165) is 19.5 Å². The van der Waals surface area contributed by atoms with E-state index in [2.05, 4.69) is 20.0 Å². The highest BCUT2D eigenvalue weighted by atomic mass is 19.4. The van der Waals surface area contributed by atoms with Crippen molar-refractivity contribution in [3.8, 4) is 11.5 Å². The van der Waals surface area contributed by atoms with Gasteiger partial charge in [0.05, 0.1) is 6.54 Å². The highest BCUT2D eigenvalue weighted by molar-refractivity contribution is 5.84. The maximum atomic E-state index is 12.8. The van der Waals surface area contributed by atoms with Crippen LogP contribution in [0.5, 0.6) is 11.5 Å². The molecule has 154 valence electrons. The number of oxazole rings is 1. The summed E-state index contributed by atoms with van der Waals surface area (Å²) in [6.07, 6.45) is -1.36. The van der Waals surface area contributed by atoms with Crippen LogP contribution in [0.1, 0.15) is 17.8 Å². The van der Waals surface area contributed by atoms with Crippen molar-refractivity contribution >= 4 is 16.9 Å². The SMILES string of the molecule is O=C(NCc1cc2cc(OC(F)(F)F)c(OCc3cocn3)cc2[nH]1)N1CCC1. The molecule has 0 spiro atoms. The minimum atomic E-state index is -4.87. The van der Waals surface area contributed by atoms with Gasteiger partial charge in [0.15, 0.2) is 17.9 Å². The molecule has 1 saturated heterocycles. The molecule has 0 atom stereocenters. The molecular formula is C18H17F3N4O4. The number of H-pyrrole nitrogens is 1. The Hall–Kier alpha value is -3.37. The van der Waals surface area contributed by atoms with Gasteiger partial charge in [0.1, 0.15) is 18.6 Å². The molecule has 8 nitrogen and oxygen atoms in total. The van der Waals surface area contributed by atoms with E-state index >= 15 is 0 Å². The molecular weight excluding hydrogens is 393 g/mol. The van der Waals surface area contributed by atoms with Gasteiger partial charge in [-0.1, -0.05) is 0 Å². The van der Waals surface area contributed by atoms with Crippen LogP contribution in [0.3, 0.4) is 0 Å². The molecule has 1 aromatic carbocycles. The minimum absolute atomic E-state index is 0.0876. The Morgan fingerprint density at radius 3 is 2.76 bits per heavy atom. The Kier molecular flexibility index (Phi) is 4.95. The molecule has 2 aromatic heterocycles. The lowest BCUT2D eigenvalue weighted by Crippen LogP contribution is -2.47. The van der Waals surface area contributed by atoms with Crippen LogP contribution in [0, 0.1) is 0 Å². The lowest BCUT2D eigenvalue weighted by molar-refractivity contribution is -0.275. The van der Waals surface area contributed by atoms with E-state index in [9.17, 15) is 18.0 Å². The zero-order valence-corrected chi connectivity index (χ0v) is 15.1. The van der Waals surface area contributed by atoms with E-state index in [0.29, 0.717) is 22.3 Å². The molecule has 11 heteroatoms. The topological polar surface area (TPSA) is 92.6 Å². The smallest absolute Gasteiger partial charge is 0.483 e. The number of benzene rings is 1. The monoisotopic (exact) mass is 410 g/mol. The lowest BCUT2D eigenvalue weighted by Gasteiger charge is -2.30. The number of rotatable bonds is 6. The average Bonchev–Trinajstić information content (AvgIpc) is 3.24. The fourth-order valence-corrected chi connectivity index (χ4v) is 2.88. The Morgan fingerprint density at radius 2 is 2.10 bits per heavy atom. The number of ether oxygens (including phenoxy) is 2. The Balaban J connectivity index is 1.54. The van der Waals surface area contributed by atoms with Gasteiger partial charge in [-0.05, 0) is 18.6 Å². The molecule has 0 unspecified atom stereocenters. The number of nitrogens with zero attached hydrogens (tertiary/aromatic N) is 2. The van der Waals surface area contributed by atoms with Gasteiger partial charge >= 0.3 is 12.4 Å². The van der Waals surface area contributed by atoms with Gasteiger partial charge in [0.25, 0.3) is 0 Å². The van der Waals surface area contributed by atoms with Crippen molar-refractivity contribution in [2.75, 3.05) is 13.1 Å². The highest BCUT2D eigenvalue weighted by Gasteiger charge is 2.33. The van der Waals surface area contributed by atoms with Crippen molar-refractivity contribution in [3.05, 3.63) is 42.2 Å². The van der Waals surface area contributed by atoms with Gasteiger partial charge in [0, 0.05) is 35.8 Å². The van der Waals surface area contributed by atoms with Gasteiger partial charge in [0.2, 0.25) is 0 Å². The third-order valence-electron chi connectivity index (χ3n) is 4.40. The van der Waals surface area contributed by atoms with Crippen LogP contribution in [0.15, 0.2) is 35.3 Å². The van der Waals surface area contributed by atoms with Crippen LogP contribution in [-0.4, -0.2) is 40.4 Å². The highest BCUT2D eigenvalue weighted by Crippen LogP contribution is 2.36. The Morgan fingerprint density at radius 1 is 1.28 bits per heavy atom. The largest absolute Gasteiger partial charge is 0.573 e. The molecule has 1 fully saturated rings. The van der Waals surface area contributed by atoms with Gasteiger partial charge in [-0.2, -0.15) is 0 Å². The number of amides is 2. The number of urea groups is 1. The molecule has 0 saturated carbocycles. The third kappa shape index (κ3) is 4.55. The van der Waals surface area contributed by atoms with Crippen molar-refractivity contribution < 1.29 is 31.9 Å². The van der Waals surface area contributed by atoms with E-state index in [-0.39, 0.29) is 24.9 Å². The van der Waals surface area contributed by atoms with Crippen LogP contribution in [0.2, 0.25) is 0 Å². The first-order valence-corrected chi connectivity index (χ1v) is 8.81. The van der Waals surface area contributed by atoms with Gasteiger partial charge < -0.3 is 29.1 Å². The number of alkyl halides is 3. The molecule has 0 bridgehead atoms. The summed E-state index contributed by atoms with van der Waals surface area (Å²) in [4.78, 5) is 20.5.